The molecule has 2 heteroatoms. The molecule has 76 valence electrons. The highest BCUT2D eigenvalue weighted by molar-refractivity contribution is 5.99. The molecule has 0 saturated heterocycles. The molecule has 1 unspecified atom stereocenters. The molecule has 2 nitrogen and oxygen atoms in total. The van der Waals surface area contributed by atoms with E-state index in [9.17, 15) is 4.79 Å². The smallest absolute Gasteiger partial charge is 0.169 e. The number of hydrogen-bond donors (Lipinski definition) is 0. The van der Waals surface area contributed by atoms with Crippen molar-refractivity contribution in [2.75, 3.05) is 0 Å². The molecule has 0 aliphatic rings. The van der Waals surface area contributed by atoms with E-state index in [-0.39, 0.29) is 11.7 Å². The minimum Gasteiger partial charge on any atom is -0.294 e. The fourth-order valence-electron chi connectivity index (χ4n) is 1.18. The summed E-state index contributed by atoms with van der Waals surface area (Å²) in [6, 6.07) is 8.68. The van der Waals surface area contributed by atoms with Crippen LogP contribution in [0.15, 0.2) is 36.4 Å². The van der Waals surface area contributed by atoms with Crippen LogP contribution in [0.1, 0.15) is 29.8 Å². The van der Waals surface area contributed by atoms with Crippen molar-refractivity contribution < 1.29 is 4.79 Å². The third-order valence-corrected chi connectivity index (χ3v) is 2.43. The summed E-state index contributed by atoms with van der Waals surface area (Å²) < 4.78 is 0. The Kier molecular flexibility index (Phi) is 3.41. The lowest BCUT2D eigenvalue weighted by molar-refractivity contribution is 0.0948. The van der Waals surface area contributed by atoms with Gasteiger partial charge >= 0.3 is 0 Å². The maximum absolute atomic E-state index is 11.8. The van der Waals surface area contributed by atoms with Gasteiger partial charge in [-0.3, -0.25) is 4.79 Å². The van der Waals surface area contributed by atoms with Crippen LogP contribution in [0.2, 0.25) is 0 Å². The topological polar surface area (TPSA) is 40.9 Å². The summed E-state index contributed by atoms with van der Waals surface area (Å²) in [5, 5.41) is 8.62. The molecule has 0 bridgehead atoms. The van der Waals surface area contributed by atoms with Crippen molar-refractivity contribution in [3.05, 3.63) is 47.5 Å². The molecule has 0 spiro atoms. The van der Waals surface area contributed by atoms with E-state index < -0.39 is 0 Å². The zero-order valence-corrected chi connectivity index (χ0v) is 8.95. The van der Waals surface area contributed by atoms with Gasteiger partial charge in [0.05, 0.1) is 11.6 Å². The number of carbonyl (C=O) groups is 1. The van der Waals surface area contributed by atoms with E-state index in [0.29, 0.717) is 11.1 Å². The number of nitriles is 1. The van der Waals surface area contributed by atoms with Crippen molar-refractivity contribution in [1.29, 1.82) is 5.26 Å². The summed E-state index contributed by atoms with van der Waals surface area (Å²) in [5.41, 5.74) is 2.04. The molecule has 0 saturated carbocycles. The Morgan fingerprint density at radius 3 is 2.33 bits per heavy atom. The number of hydrogen-bond acceptors (Lipinski definition) is 2. The Labute approximate surface area is 89.9 Å². The number of Topliss-reactive ketones (excluding diaryl/α,β-unsaturated/α-hetero) is 1. The van der Waals surface area contributed by atoms with Crippen LogP contribution in [0, 0.1) is 17.2 Å². The van der Waals surface area contributed by atoms with E-state index in [4.69, 9.17) is 5.26 Å². The molecular formula is C13H13NO. The molecule has 0 radical (unpaired) electrons. The molecule has 0 aliphatic carbocycles. The minimum atomic E-state index is -0.169. The number of ketones is 1. The van der Waals surface area contributed by atoms with Crippen LogP contribution in [0.3, 0.4) is 0 Å². The van der Waals surface area contributed by atoms with Gasteiger partial charge in [0, 0.05) is 11.5 Å². The summed E-state index contributed by atoms with van der Waals surface area (Å²) in [7, 11) is 0. The van der Waals surface area contributed by atoms with Crippen LogP contribution in [0.4, 0.5) is 0 Å². The first-order chi connectivity index (χ1) is 7.06. The first kappa shape index (κ1) is 11.2. The summed E-state index contributed by atoms with van der Waals surface area (Å²) >= 11 is 0. The van der Waals surface area contributed by atoms with Gasteiger partial charge in [-0.1, -0.05) is 31.2 Å². The second-order valence-electron chi connectivity index (χ2n) is 3.62. The standard InChI is InChI=1S/C13H13NO/c1-9(2)10(3)13(15)12-6-4-11(8-14)5-7-12/h4-7,10H,1H2,2-3H3. The fraction of sp³-hybridized carbons (Fsp3) is 0.231. The zero-order chi connectivity index (χ0) is 11.4. The van der Waals surface area contributed by atoms with Gasteiger partial charge in [0.15, 0.2) is 5.78 Å². The average molecular weight is 199 g/mol. The van der Waals surface area contributed by atoms with Crippen molar-refractivity contribution >= 4 is 5.78 Å². The van der Waals surface area contributed by atoms with E-state index in [1.165, 1.54) is 0 Å². The highest BCUT2D eigenvalue weighted by Gasteiger charge is 2.15. The number of benzene rings is 1. The quantitative estimate of drug-likeness (QED) is 0.554. The lowest BCUT2D eigenvalue weighted by Gasteiger charge is -2.09. The molecule has 0 aromatic heterocycles. The molecule has 1 atom stereocenters. The summed E-state index contributed by atoms with van der Waals surface area (Å²) in [5.74, 6) is -0.120. The first-order valence-corrected chi connectivity index (χ1v) is 4.76. The maximum Gasteiger partial charge on any atom is 0.169 e. The molecule has 1 rings (SSSR count). The number of rotatable bonds is 3. The molecule has 1 aromatic carbocycles. The Bertz CT molecular complexity index is 423. The van der Waals surface area contributed by atoms with Gasteiger partial charge in [-0.15, -0.1) is 0 Å². The van der Waals surface area contributed by atoms with Gasteiger partial charge in [0.2, 0.25) is 0 Å². The molecule has 0 heterocycles. The lowest BCUT2D eigenvalue weighted by atomic mass is 9.94. The highest BCUT2D eigenvalue weighted by Crippen LogP contribution is 2.15. The number of carbonyl (C=O) groups excluding carboxylic acids is 1. The Balaban J connectivity index is 2.93. The molecule has 0 fully saturated rings. The summed E-state index contributed by atoms with van der Waals surface area (Å²) in [6.07, 6.45) is 0. The number of nitrogens with zero attached hydrogens (tertiary/aromatic N) is 1. The van der Waals surface area contributed by atoms with E-state index in [2.05, 4.69) is 6.58 Å². The monoisotopic (exact) mass is 199 g/mol. The SMILES string of the molecule is C=C(C)C(C)C(=O)c1ccc(C#N)cc1. The van der Waals surface area contributed by atoms with Crippen LogP contribution in [-0.2, 0) is 0 Å². The third kappa shape index (κ3) is 2.54. The van der Waals surface area contributed by atoms with Gasteiger partial charge in [-0.2, -0.15) is 5.26 Å². The Morgan fingerprint density at radius 2 is 1.93 bits per heavy atom. The van der Waals surface area contributed by atoms with Crippen molar-refractivity contribution in [2.24, 2.45) is 5.92 Å². The van der Waals surface area contributed by atoms with Gasteiger partial charge in [-0.05, 0) is 19.1 Å². The van der Waals surface area contributed by atoms with Gasteiger partial charge < -0.3 is 0 Å². The Hall–Kier alpha value is -1.88. The van der Waals surface area contributed by atoms with E-state index in [1.807, 2.05) is 19.9 Å². The van der Waals surface area contributed by atoms with E-state index in [0.717, 1.165) is 5.57 Å². The molecule has 0 aliphatic heterocycles. The van der Waals surface area contributed by atoms with Gasteiger partial charge in [0.25, 0.3) is 0 Å². The van der Waals surface area contributed by atoms with Crippen LogP contribution >= 0.6 is 0 Å². The minimum absolute atomic E-state index is 0.0481. The van der Waals surface area contributed by atoms with Crippen molar-refractivity contribution in [2.45, 2.75) is 13.8 Å². The molecule has 0 N–H and O–H groups in total. The van der Waals surface area contributed by atoms with Gasteiger partial charge in [0.1, 0.15) is 0 Å². The lowest BCUT2D eigenvalue weighted by Crippen LogP contribution is -2.11. The van der Waals surface area contributed by atoms with E-state index >= 15 is 0 Å². The van der Waals surface area contributed by atoms with Crippen LogP contribution in [0.5, 0.6) is 0 Å². The van der Waals surface area contributed by atoms with Gasteiger partial charge in [-0.25, -0.2) is 0 Å². The maximum atomic E-state index is 11.8. The molecule has 0 amide bonds. The van der Waals surface area contributed by atoms with Crippen LogP contribution in [-0.4, -0.2) is 5.78 Å². The molecule has 1 aromatic rings. The summed E-state index contributed by atoms with van der Waals surface area (Å²) in [6.45, 7) is 7.44. The summed E-state index contributed by atoms with van der Waals surface area (Å²) in [4.78, 5) is 11.8. The van der Waals surface area contributed by atoms with Crippen molar-refractivity contribution in [1.82, 2.24) is 0 Å². The number of allylic oxidation sites excluding steroid dienone is 1. The first-order valence-electron chi connectivity index (χ1n) is 4.76. The largest absolute Gasteiger partial charge is 0.294 e. The van der Waals surface area contributed by atoms with Crippen LogP contribution < -0.4 is 0 Å². The van der Waals surface area contributed by atoms with Crippen molar-refractivity contribution in [3.63, 3.8) is 0 Å². The second-order valence-corrected chi connectivity index (χ2v) is 3.62. The van der Waals surface area contributed by atoms with Crippen molar-refractivity contribution in [3.8, 4) is 6.07 Å². The highest BCUT2D eigenvalue weighted by atomic mass is 16.1. The average Bonchev–Trinajstić information content (AvgIpc) is 2.27. The third-order valence-electron chi connectivity index (χ3n) is 2.43. The second kappa shape index (κ2) is 4.56. The molecular weight excluding hydrogens is 186 g/mol. The van der Waals surface area contributed by atoms with Crippen LogP contribution in [0.25, 0.3) is 0 Å². The predicted molar refractivity (Wildman–Crippen MR) is 59.5 cm³/mol. The fourth-order valence-corrected chi connectivity index (χ4v) is 1.18. The molecule has 15 heavy (non-hydrogen) atoms. The predicted octanol–water partition coefficient (Wildman–Crippen LogP) is 2.95. The zero-order valence-electron chi connectivity index (χ0n) is 8.95. The van der Waals surface area contributed by atoms with E-state index in [1.54, 1.807) is 24.3 Å². The normalized spacial score (nSPS) is 11.5. The Morgan fingerprint density at radius 1 is 1.40 bits per heavy atom.